The average Bonchev–Trinajstić information content (AvgIpc) is 2.40. The minimum absolute atomic E-state index is 0.269. The highest BCUT2D eigenvalue weighted by atomic mass is 16.6. The van der Waals surface area contributed by atoms with Crippen molar-refractivity contribution in [1.29, 1.82) is 0 Å². The first-order valence-corrected chi connectivity index (χ1v) is 9.27. The number of nitrogens with zero attached hydrogens (tertiary/aromatic N) is 1. The summed E-state index contributed by atoms with van der Waals surface area (Å²) in [7, 11) is 0. The van der Waals surface area contributed by atoms with Gasteiger partial charge in [0.25, 0.3) is 0 Å². The first-order valence-electron chi connectivity index (χ1n) is 9.27. The molecule has 1 aliphatic carbocycles. The van der Waals surface area contributed by atoms with Crippen molar-refractivity contribution in [3.05, 3.63) is 0 Å². The van der Waals surface area contributed by atoms with Gasteiger partial charge in [-0.2, -0.15) is 0 Å². The summed E-state index contributed by atoms with van der Waals surface area (Å²) in [6.45, 7) is 12.9. The van der Waals surface area contributed by atoms with Crippen molar-refractivity contribution in [1.82, 2.24) is 15.5 Å². The minimum Gasteiger partial charge on any atom is -0.444 e. The van der Waals surface area contributed by atoms with Gasteiger partial charge in [0, 0.05) is 12.1 Å². The largest absolute Gasteiger partial charge is 0.444 e. The number of likely N-dealkylation sites (tertiary alicyclic amines) is 1. The van der Waals surface area contributed by atoms with Crippen molar-refractivity contribution in [3.63, 3.8) is 0 Å². The second-order valence-corrected chi connectivity index (χ2v) is 8.34. The lowest BCUT2D eigenvalue weighted by atomic mass is 9.87. The van der Waals surface area contributed by atoms with Crippen LogP contribution in [0.4, 0.5) is 4.79 Å². The molecule has 0 aromatic rings. The monoisotopic (exact) mass is 325 g/mol. The molecule has 2 rings (SSSR count). The molecule has 0 radical (unpaired) electrons. The zero-order chi connectivity index (χ0) is 16.9. The Bertz CT molecular complexity index is 367. The molecule has 2 fully saturated rings. The Labute approximate surface area is 141 Å². The number of piperidine rings is 1. The fourth-order valence-electron chi connectivity index (χ4n) is 3.27. The van der Waals surface area contributed by atoms with E-state index in [0.29, 0.717) is 6.04 Å². The van der Waals surface area contributed by atoms with Crippen molar-refractivity contribution in [2.45, 2.75) is 77.5 Å². The summed E-state index contributed by atoms with van der Waals surface area (Å²) < 4.78 is 5.28. The number of carbonyl (C=O) groups excluding carboxylic acids is 1. The van der Waals surface area contributed by atoms with Crippen LogP contribution in [0.25, 0.3) is 0 Å². The van der Waals surface area contributed by atoms with E-state index < -0.39 is 5.60 Å². The molecule has 0 bridgehead atoms. The number of rotatable bonds is 6. The van der Waals surface area contributed by atoms with Gasteiger partial charge < -0.3 is 20.3 Å². The van der Waals surface area contributed by atoms with Crippen molar-refractivity contribution in [2.24, 2.45) is 5.92 Å². The van der Waals surface area contributed by atoms with Gasteiger partial charge in [-0.25, -0.2) is 4.79 Å². The lowest BCUT2D eigenvalue weighted by molar-refractivity contribution is 0.0465. The lowest BCUT2D eigenvalue weighted by Gasteiger charge is -2.37. The smallest absolute Gasteiger partial charge is 0.407 e. The fourth-order valence-corrected chi connectivity index (χ4v) is 3.27. The lowest BCUT2D eigenvalue weighted by Crippen LogP contribution is -2.53. The van der Waals surface area contributed by atoms with E-state index in [9.17, 15) is 4.79 Å². The summed E-state index contributed by atoms with van der Waals surface area (Å²) in [4.78, 5) is 14.3. The van der Waals surface area contributed by atoms with E-state index in [0.717, 1.165) is 25.3 Å². The van der Waals surface area contributed by atoms with Gasteiger partial charge in [0.1, 0.15) is 5.60 Å². The molecule has 5 heteroatoms. The second kappa shape index (κ2) is 8.34. The van der Waals surface area contributed by atoms with Crippen LogP contribution < -0.4 is 10.6 Å². The van der Waals surface area contributed by atoms with Crippen LogP contribution in [0.3, 0.4) is 0 Å². The van der Waals surface area contributed by atoms with Gasteiger partial charge in [0.05, 0.1) is 0 Å². The molecule has 0 aromatic carbocycles. The van der Waals surface area contributed by atoms with Crippen LogP contribution in [0, 0.1) is 5.92 Å². The molecular weight excluding hydrogens is 290 g/mol. The Morgan fingerprint density at radius 3 is 2.43 bits per heavy atom. The fraction of sp³-hybridized carbons (Fsp3) is 0.944. The summed E-state index contributed by atoms with van der Waals surface area (Å²) in [5.74, 6) is 0.911. The number of amides is 1. The Morgan fingerprint density at radius 2 is 1.83 bits per heavy atom. The highest BCUT2D eigenvalue weighted by Crippen LogP contribution is 2.21. The van der Waals surface area contributed by atoms with E-state index in [1.54, 1.807) is 0 Å². The maximum atomic E-state index is 11.7. The molecule has 23 heavy (non-hydrogen) atoms. The molecule has 1 amide bonds. The van der Waals surface area contributed by atoms with E-state index in [2.05, 4.69) is 22.5 Å². The molecule has 0 aromatic heterocycles. The summed E-state index contributed by atoms with van der Waals surface area (Å²) in [6.07, 6.45) is 5.67. The number of hydrogen-bond donors (Lipinski definition) is 2. The maximum Gasteiger partial charge on any atom is 0.407 e. The van der Waals surface area contributed by atoms with Crippen molar-refractivity contribution in [2.75, 3.05) is 26.2 Å². The Hall–Kier alpha value is -0.810. The van der Waals surface area contributed by atoms with Crippen LogP contribution in [-0.4, -0.2) is 54.9 Å². The number of ether oxygens (including phenoxy) is 1. The highest BCUT2D eigenvalue weighted by molar-refractivity contribution is 5.68. The van der Waals surface area contributed by atoms with Gasteiger partial charge in [-0.05, 0) is 85.0 Å². The average molecular weight is 325 g/mol. The van der Waals surface area contributed by atoms with Gasteiger partial charge in [0.15, 0.2) is 0 Å². The predicted molar refractivity (Wildman–Crippen MR) is 93.6 cm³/mol. The van der Waals surface area contributed by atoms with E-state index in [-0.39, 0.29) is 12.1 Å². The first-order chi connectivity index (χ1) is 10.8. The SMILES string of the molecule is CC1CCN(CCCNC2CC(NC(=O)OC(C)(C)C)C2)CC1. The van der Waals surface area contributed by atoms with E-state index in [1.807, 2.05) is 20.8 Å². The van der Waals surface area contributed by atoms with Gasteiger partial charge in [0.2, 0.25) is 0 Å². The molecule has 2 aliphatic rings. The third-order valence-corrected chi connectivity index (χ3v) is 4.82. The summed E-state index contributed by atoms with van der Waals surface area (Å²) in [6, 6.07) is 0.822. The van der Waals surface area contributed by atoms with Gasteiger partial charge >= 0.3 is 6.09 Å². The molecule has 5 nitrogen and oxygen atoms in total. The zero-order valence-electron chi connectivity index (χ0n) is 15.4. The molecule has 0 spiro atoms. The molecule has 134 valence electrons. The molecular formula is C18H35N3O2. The van der Waals surface area contributed by atoms with Crippen LogP contribution in [0.15, 0.2) is 0 Å². The van der Waals surface area contributed by atoms with Crippen molar-refractivity contribution >= 4 is 6.09 Å². The number of alkyl carbamates (subject to hydrolysis) is 1. The number of carbonyl (C=O) groups is 1. The highest BCUT2D eigenvalue weighted by Gasteiger charge is 2.31. The molecule has 1 saturated heterocycles. The third kappa shape index (κ3) is 7.08. The van der Waals surface area contributed by atoms with Gasteiger partial charge in [-0.1, -0.05) is 6.92 Å². The van der Waals surface area contributed by atoms with Gasteiger partial charge in [-0.15, -0.1) is 0 Å². The summed E-state index contributed by atoms with van der Waals surface area (Å²) in [5.41, 5.74) is -0.419. The molecule has 0 unspecified atom stereocenters. The van der Waals surface area contributed by atoms with Crippen LogP contribution in [0.2, 0.25) is 0 Å². The third-order valence-electron chi connectivity index (χ3n) is 4.82. The van der Waals surface area contributed by atoms with Crippen LogP contribution in [0.5, 0.6) is 0 Å². The van der Waals surface area contributed by atoms with E-state index >= 15 is 0 Å². The molecule has 0 atom stereocenters. The molecule has 1 saturated carbocycles. The Kier molecular flexibility index (Phi) is 6.72. The van der Waals surface area contributed by atoms with Crippen molar-refractivity contribution < 1.29 is 9.53 Å². The normalized spacial score (nSPS) is 26.6. The van der Waals surface area contributed by atoms with Crippen LogP contribution >= 0.6 is 0 Å². The quantitative estimate of drug-likeness (QED) is 0.737. The Balaban J connectivity index is 1.46. The minimum atomic E-state index is -0.419. The Morgan fingerprint density at radius 1 is 1.17 bits per heavy atom. The first kappa shape index (κ1) is 18.5. The summed E-state index contributed by atoms with van der Waals surface area (Å²) >= 11 is 0. The molecule has 2 N–H and O–H groups in total. The maximum absolute atomic E-state index is 11.7. The predicted octanol–water partition coefficient (Wildman–Crippen LogP) is 2.75. The summed E-state index contributed by atoms with van der Waals surface area (Å²) in [5, 5.41) is 6.54. The van der Waals surface area contributed by atoms with Crippen LogP contribution in [-0.2, 0) is 4.74 Å². The second-order valence-electron chi connectivity index (χ2n) is 8.34. The van der Waals surface area contributed by atoms with Crippen molar-refractivity contribution in [3.8, 4) is 0 Å². The van der Waals surface area contributed by atoms with E-state index in [4.69, 9.17) is 4.74 Å². The van der Waals surface area contributed by atoms with Gasteiger partial charge in [-0.3, -0.25) is 0 Å². The van der Waals surface area contributed by atoms with E-state index in [1.165, 1.54) is 38.9 Å². The zero-order valence-corrected chi connectivity index (χ0v) is 15.4. The standard InChI is InChI=1S/C18H35N3O2/c1-14-6-10-21(11-7-14)9-5-8-19-15-12-16(13-15)20-17(22)23-18(2,3)4/h14-16,19H,5-13H2,1-4H3,(H,20,22). The molecule has 1 heterocycles. The topological polar surface area (TPSA) is 53.6 Å². The number of nitrogens with one attached hydrogen (secondary N) is 2. The number of hydrogen-bond acceptors (Lipinski definition) is 4. The van der Waals surface area contributed by atoms with Crippen LogP contribution in [0.1, 0.15) is 59.8 Å². The molecule has 1 aliphatic heterocycles.